The highest BCUT2D eigenvalue weighted by molar-refractivity contribution is 5.89. The van der Waals surface area contributed by atoms with E-state index < -0.39 is 5.54 Å². The summed E-state index contributed by atoms with van der Waals surface area (Å²) in [5, 5.41) is 0. The van der Waals surface area contributed by atoms with Gasteiger partial charge in [-0.25, -0.2) is 0 Å². The Bertz CT molecular complexity index is 579. The van der Waals surface area contributed by atoms with Crippen molar-refractivity contribution in [2.24, 2.45) is 11.1 Å². The molecule has 2 aliphatic rings. The maximum Gasteiger partial charge on any atom is 0.243 e. The highest BCUT2D eigenvalue weighted by Crippen LogP contribution is 2.50. The van der Waals surface area contributed by atoms with Crippen LogP contribution in [0, 0.1) is 5.41 Å². The average molecular weight is 330 g/mol. The van der Waals surface area contributed by atoms with Crippen LogP contribution >= 0.6 is 0 Å². The van der Waals surface area contributed by atoms with E-state index in [0.29, 0.717) is 18.9 Å². The number of nitrogens with two attached hydrogens (primary N) is 1. The Balaban J connectivity index is 1.62. The van der Waals surface area contributed by atoms with E-state index in [4.69, 9.17) is 10.5 Å². The first-order valence-corrected chi connectivity index (χ1v) is 9.15. The monoisotopic (exact) mass is 330 g/mol. The van der Waals surface area contributed by atoms with Crippen molar-refractivity contribution in [2.75, 3.05) is 19.7 Å². The number of hydrogen-bond donors (Lipinski definition) is 1. The summed E-state index contributed by atoms with van der Waals surface area (Å²) >= 11 is 0. The Morgan fingerprint density at radius 1 is 1.25 bits per heavy atom. The number of hydrogen-bond acceptors (Lipinski definition) is 3. The number of carbonyl (C=O) groups is 1. The van der Waals surface area contributed by atoms with E-state index in [-0.39, 0.29) is 17.4 Å². The number of amides is 1. The smallest absolute Gasteiger partial charge is 0.243 e. The molecule has 24 heavy (non-hydrogen) atoms. The van der Waals surface area contributed by atoms with Crippen molar-refractivity contribution >= 4 is 5.91 Å². The van der Waals surface area contributed by atoms with Crippen LogP contribution in [-0.2, 0) is 9.53 Å². The zero-order valence-electron chi connectivity index (χ0n) is 15.1. The molecule has 4 nitrogen and oxygen atoms in total. The Morgan fingerprint density at radius 2 is 1.88 bits per heavy atom. The molecule has 4 heteroatoms. The molecule has 1 saturated carbocycles. The lowest BCUT2D eigenvalue weighted by Gasteiger charge is -2.59. The fourth-order valence-corrected chi connectivity index (χ4v) is 4.22. The minimum Gasteiger partial charge on any atom is -0.378 e. The molecule has 3 rings (SSSR count). The number of carbonyl (C=O) groups excluding carboxylic acids is 1. The van der Waals surface area contributed by atoms with Gasteiger partial charge in [-0.2, -0.15) is 0 Å². The minimum absolute atomic E-state index is 0.0818. The van der Waals surface area contributed by atoms with Gasteiger partial charge in [0.25, 0.3) is 0 Å². The van der Waals surface area contributed by atoms with Crippen molar-refractivity contribution < 1.29 is 9.53 Å². The van der Waals surface area contributed by atoms with Crippen LogP contribution in [0.15, 0.2) is 30.3 Å². The van der Waals surface area contributed by atoms with Crippen LogP contribution in [0.1, 0.15) is 51.5 Å². The molecule has 132 valence electrons. The Hall–Kier alpha value is -1.39. The molecule has 1 heterocycles. The van der Waals surface area contributed by atoms with E-state index in [2.05, 4.69) is 38.1 Å². The van der Waals surface area contributed by atoms with Gasteiger partial charge in [-0.15, -0.1) is 0 Å². The molecule has 1 aliphatic carbocycles. The molecule has 0 bridgehead atoms. The van der Waals surface area contributed by atoms with Crippen LogP contribution in [0.4, 0.5) is 0 Å². The second-order valence-corrected chi connectivity index (χ2v) is 7.82. The molecule has 1 amide bonds. The SMILES string of the molecule is CCOC1CC(N)(C(=O)N2CCC(c3ccccc3)CC2)C1(C)C. The van der Waals surface area contributed by atoms with Crippen molar-refractivity contribution in [3.8, 4) is 0 Å². The molecular formula is C20H30N2O2. The summed E-state index contributed by atoms with van der Waals surface area (Å²) in [5.41, 5.74) is 6.84. The number of nitrogens with zero attached hydrogens (tertiary/aromatic N) is 1. The third kappa shape index (κ3) is 2.76. The number of rotatable bonds is 4. The Kier molecular flexibility index (Phi) is 4.71. The van der Waals surface area contributed by atoms with Gasteiger partial charge >= 0.3 is 0 Å². The molecule has 2 atom stereocenters. The van der Waals surface area contributed by atoms with Crippen LogP contribution in [0.2, 0.25) is 0 Å². The maximum absolute atomic E-state index is 13.1. The number of benzene rings is 1. The van der Waals surface area contributed by atoms with Crippen LogP contribution in [0.25, 0.3) is 0 Å². The summed E-state index contributed by atoms with van der Waals surface area (Å²) in [6, 6.07) is 10.6. The molecule has 0 radical (unpaired) electrons. The first-order chi connectivity index (χ1) is 11.4. The van der Waals surface area contributed by atoms with Crippen molar-refractivity contribution in [3.63, 3.8) is 0 Å². The van der Waals surface area contributed by atoms with E-state index >= 15 is 0 Å². The predicted molar refractivity (Wildman–Crippen MR) is 95.7 cm³/mol. The Morgan fingerprint density at radius 3 is 2.42 bits per heavy atom. The molecule has 1 aliphatic heterocycles. The summed E-state index contributed by atoms with van der Waals surface area (Å²) in [6.45, 7) is 8.37. The quantitative estimate of drug-likeness (QED) is 0.923. The second kappa shape index (κ2) is 6.49. The van der Waals surface area contributed by atoms with Gasteiger partial charge in [-0.3, -0.25) is 4.79 Å². The van der Waals surface area contributed by atoms with Gasteiger partial charge in [0.15, 0.2) is 0 Å². The van der Waals surface area contributed by atoms with Gasteiger partial charge in [-0.05, 0) is 31.2 Å². The molecule has 2 unspecified atom stereocenters. The van der Waals surface area contributed by atoms with Gasteiger partial charge in [0, 0.05) is 31.5 Å². The second-order valence-electron chi connectivity index (χ2n) is 7.82. The fraction of sp³-hybridized carbons (Fsp3) is 0.650. The number of ether oxygens (including phenoxy) is 1. The van der Waals surface area contributed by atoms with E-state index in [1.54, 1.807) is 0 Å². The molecule has 1 aromatic carbocycles. The average Bonchev–Trinajstić information content (AvgIpc) is 2.61. The lowest BCUT2D eigenvalue weighted by Crippen LogP contribution is -2.76. The van der Waals surface area contributed by atoms with Crippen LogP contribution in [-0.4, -0.2) is 42.1 Å². The van der Waals surface area contributed by atoms with E-state index in [1.807, 2.05) is 17.9 Å². The van der Waals surface area contributed by atoms with Gasteiger partial charge < -0.3 is 15.4 Å². The van der Waals surface area contributed by atoms with E-state index in [1.165, 1.54) is 5.56 Å². The standard InChI is InChI=1S/C20H30N2O2/c1-4-24-17-14-20(21,19(17,2)3)18(23)22-12-10-16(11-13-22)15-8-6-5-7-9-15/h5-9,16-17H,4,10-14,21H2,1-3H3. The summed E-state index contributed by atoms with van der Waals surface area (Å²) in [5.74, 6) is 0.657. The predicted octanol–water partition coefficient (Wildman–Crippen LogP) is 2.93. The minimum atomic E-state index is -0.785. The van der Waals surface area contributed by atoms with Crippen molar-refractivity contribution in [3.05, 3.63) is 35.9 Å². The highest BCUT2D eigenvalue weighted by atomic mass is 16.5. The van der Waals surface area contributed by atoms with Gasteiger partial charge in [0.05, 0.1) is 6.10 Å². The number of likely N-dealkylation sites (tertiary alicyclic amines) is 1. The zero-order chi connectivity index (χ0) is 17.4. The van der Waals surface area contributed by atoms with Crippen molar-refractivity contribution in [2.45, 2.75) is 57.6 Å². The summed E-state index contributed by atoms with van der Waals surface area (Å²) < 4.78 is 5.75. The molecule has 1 aromatic rings. The fourth-order valence-electron chi connectivity index (χ4n) is 4.22. The molecule has 0 spiro atoms. The van der Waals surface area contributed by atoms with E-state index in [0.717, 1.165) is 25.9 Å². The Labute approximate surface area is 145 Å². The summed E-state index contributed by atoms with van der Waals surface area (Å²) in [4.78, 5) is 15.0. The molecule has 1 saturated heterocycles. The van der Waals surface area contributed by atoms with Gasteiger partial charge in [0.1, 0.15) is 5.54 Å². The third-order valence-corrected chi connectivity index (χ3v) is 6.26. The van der Waals surface area contributed by atoms with Crippen molar-refractivity contribution in [1.82, 2.24) is 4.90 Å². The van der Waals surface area contributed by atoms with Crippen LogP contribution < -0.4 is 5.73 Å². The van der Waals surface area contributed by atoms with Crippen LogP contribution in [0.5, 0.6) is 0 Å². The van der Waals surface area contributed by atoms with E-state index in [9.17, 15) is 4.79 Å². The summed E-state index contributed by atoms with van der Waals surface area (Å²) in [6.07, 6.45) is 2.74. The normalized spacial score (nSPS) is 30.0. The lowest BCUT2D eigenvalue weighted by molar-refractivity contribution is -0.180. The van der Waals surface area contributed by atoms with Crippen LogP contribution in [0.3, 0.4) is 0 Å². The largest absolute Gasteiger partial charge is 0.378 e. The lowest BCUT2D eigenvalue weighted by atomic mass is 9.54. The van der Waals surface area contributed by atoms with Gasteiger partial charge in [0.2, 0.25) is 5.91 Å². The maximum atomic E-state index is 13.1. The molecular weight excluding hydrogens is 300 g/mol. The zero-order valence-corrected chi connectivity index (χ0v) is 15.1. The third-order valence-electron chi connectivity index (χ3n) is 6.26. The molecule has 2 fully saturated rings. The highest BCUT2D eigenvalue weighted by Gasteiger charge is 2.63. The van der Waals surface area contributed by atoms with Gasteiger partial charge in [-0.1, -0.05) is 44.2 Å². The molecule has 2 N–H and O–H groups in total. The first-order valence-electron chi connectivity index (χ1n) is 9.15. The molecule has 0 aromatic heterocycles. The first kappa shape index (κ1) is 17.4. The topological polar surface area (TPSA) is 55.6 Å². The number of piperidine rings is 1. The summed E-state index contributed by atoms with van der Waals surface area (Å²) in [7, 11) is 0. The van der Waals surface area contributed by atoms with Crippen molar-refractivity contribution in [1.29, 1.82) is 0 Å².